The van der Waals surface area contributed by atoms with Gasteiger partial charge in [0.2, 0.25) is 0 Å². The molecule has 0 amide bonds. The minimum absolute atomic E-state index is 0.290. The molecule has 4 heteroatoms. The molecule has 4 nitrogen and oxygen atoms in total. The van der Waals surface area contributed by atoms with Crippen LogP contribution in [0.2, 0.25) is 0 Å². The van der Waals surface area contributed by atoms with E-state index >= 15 is 0 Å². The molecular formula is C18H20N2O2. The van der Waals surface area contributed by atoms with Crippen molar-refractivity contribution in [2.45, 2.75) is 45.6 Å². The second-order valence-electron chi connectivity index (χ2n) is 6.48. The van der Waals surface area contributed by atoms with Crippen molar-refractivity contribution >= 4 is 5.97 Å². The quantitative estimate of drug-likeness (QED) is 0.927. The SMILES string of the molecule is Cc1c(-c2ccc3c(c2)CCC3)nc2n1CCC(C(=O)O)C2. The number of fused-ring (bicyclic) bond motifs is 2. The Balaban J connectivity index is 1.73. The predicted molar refractivity (Wildman–Crippen MR) is 83.9 cm³/mol. The van der Waals surface area contributed by atoms with Crippen LogP contribution in [0.3, 0.4) is 0 Å². The number of aromatic nitrogens is 2. The van der Waals surface area contributed by atoms with Crippen LogP contribution < -0.4 is 0 Å². The summed E-state index contributed by atoms with van der Waals surface area (Å²) in [5.41, 5.74) is 6.28. The molecule has 2 aliphatic rings. The van der Waals surface area contributed by atoms with Gasteiger partial charge in [0.1, 0.15) is 5.82 Å². The highest BCUT2D eigenvalue weighted by Gasteiger charge is 2.28. The molecule has 0 fully saturated rings. The second kappa shape index (κ2) is 4.97. The van der Waals surface area contributed by atoms with Gasteiger partial charge in [-0.25, -0.2) is 4.98 Å². The summed E-state index contributed by atoms with van der Waals surface area (Å²) in [6, 6.07) is 6.67. The maximum absolute atomic E-state index is 11.2. The average Bonchev–Trinajstić information content (AvgIpc) is 3.10. The van der Waals surface area contributed by atoms with Gasteiger partial charge in [-0.1, -0.05) is 12.1 Å². The third kappa shape index (κ3) is 2.05. The van der Waals surface area contributed by atoms with E-state index in [2.05, 4.69) is 29.7 Å². The van der Waals surface area contributed by atoms with Crippen molar-refractivity contribution in [2.75, 3.05) is 0 Å². The number of carboxylic acids is 1. The normalized spacial score (nSPS) is 19.8. The van der Waals surface area contributed by atoms with Gasteiger partial charge in [0.25, 0.3) is 0 Å². The first kappa shape index (κ1) is 13.6. The van der Waals surface area contributed by atoms with Crippen LogP contribution in [0.1, 0.15) is 35.5 Å². The van der Waals surface area contributed by atoms with E-state index in [1.54, 1.807) is 0 Å². The molecule has 1 unspecified atom stereocenters. The van der Waals surface area contributed by atoms with Crippen LogP contribution in [0.5, 0.6) is 0 Å². The highest BCUT2D eigenvalue weighted by molar-refractivity contribution is 5.71. The number of nitrogens with zero attached hydrogens (tertiary/aromatic N) is 2. The van der Waals surface area contributed by atoms with Crippen molar-refractivity contribution < 1.29 is 9.90 Å². The number of hydrogen-bond acceptors (Lipinski definition) is 2. The fourth-order valence-electron chi connectivity index (χ4n) is 3.86. The summed E-state index contributed by atoms with van der Waals surface area (Å²) in [6.45, 7) is 2.86. The van der Waals surface area contributed by atoms with Crippen LogP contribution >= 0.6 is 0 Å². The molecule has 2 heterocycles. The van der Waals surface area contributed by atoms with Gasteiger partial charge in [-0.05, 0) is 49.8 Å². The molecular weight excluding hydrogens is 276 g/mol. The van der Waals surface area contributed by atoms with E-state index in [0.29, 0.717) is 12.8 Å². The van der Waals surface area contributed by atoms with Crippen LogP contribution in [0, 0.1) is 12.8 Å². The summed E-state index contributed by atoms with van der Waals surface area (Å²) in [6.07, 6.45) is 4.84. The first-order valence-electron chi connectivity index (χ1n) is 8.04. The Hall–Kier alpha value is -2.10. The van der Waals surface area contributed by atoms with Gasteiger partial charge in [-0.3, -0.25) is 4.79 Å². The Bertz CT molecular complexity index is 761. The first-order valence-corrected chi connectivity index (χ1v) is 8.04. The van der Waals surface area contributed by atoms with Crippen molar-refractivity contribution in [3.63, 3.8) is 0 Å². The Labute approximate surface area is 129 Å². The van der Waals surface area contributed by atoms with Crippen LogP contribution in [-0.2, 0) is 30.6 Å². The van der Waals surface area contributed by atoms with Crippen LogP contribution in [-0.4, -0.2) is 20.6 Å². The molecule has 1 atom stereocenters. The van der Waals surface area contributed by atoms with Crippen LogP contribution in [0.4, 0.5) is 0 Å². The summed E-state index contributed by atoms with van der Waals surface area (Å²) >= 11 is 0. The van der Waals surface area contributed by atoms with Gasteiger partial charge < -0.3 is 9.67 Å². The maximum Gasteiger partial charge on any atom is 0.307 e. The standard InChI is InChI=1S/C18H20N2O2/c1-11-17(14-6-5-12-3-2-4-13(12)9-14)19-16-10-15(18(21)22)7-8-20(11)16/h5-6,9,15H,2-4,7-8,10H2,1H3,(H,21,22). The van der Waals surface area contributed by atoms with E-state index in [4.69, 9.17) is 4.98 Å². The lowest BCUT2D eigenvalue weighted by Gasteiger charge is -2.20. The Morgan fingerprint density at radius 3 is 2.95 bits per heavy atom. The lowest BCUT2D eigenvalue weighted by molar-refractivity contribution is -0.142. The topological polar surface area (TPSA) is 55.1 Å². The number of benzene rings is 1. The Morgan fingerprint density at radius 1 is 1.32 bits per heavy atom. The summed E-state index contributed by atoms with van der Waals surface area (Å²) in [4.78, 5) is 16.0. The number of hydrogen-bond donors (Lipinski definition) is 1. The molecule has 1 aliphatic carbocycles. The molecule has 0 bridgehead atoms. The minimum Gasteiger partial charge on any atom is -0.481 e. The van der Waals surface area contributed by atoms with Gasteiger partial charge in [0, 0.05) is 24.2 Å². The lowest BCUT2D eigenvalue weighted by Crippen LogP contribution is -2.26. The highest BCUT2D eigenvalue weighted by atomic mass is 16.4. The summed E-state index contributed by atoms with van der Waals surface area (Å²) in [5.74, 6) is -0.0696. The fourth-order valence-corrected chi connectivity index (χ4v) is 3.86. The van der Waals surface area contributed by atoms with Gasteiger partial charge >= 0.3 is 5.97 Å². The number of carboxylic acid groups (broad SMARTS) is 1. The molecule has 1 N–H and O–H groups in total. The third-order valence-corrected chi connectivity index (χ3v) is 5.15. The third-order valence-electron chi connectivity index (χ3n) is 5.15. The van der Waals surface area contributed by atoms with Crippen molar-refractivity contribution in [3.05, 3.63) is 40.8 Å². The van der Waals surface area contributed by atoms with Gasteiger partial charge in [-0.2, -0.15) is 0 Å². The molecule has 4 rings (SSSR count). The summed E-state index contributed by atoms with van der Waals surface area (Å²) in [7, 11) is 0. The van der Waals surface area contributed by atoms with Crippen molar-refractivity contribution in [2.24, 2.45) is 5.92 Å². The fraction of sp³-hybridized carbons (Fsp3) is 0.444. The van der Waals surface area contributed by atoms with E-state index in [0.717, 1.165) is 30.2 Å². The van der Waals surface area contributed by atoms with Crippen molar-refractivity contribution in [3.8, 4) is 11.3 Å². The monoisotopic (exact) mass is 296 g/mol. The maximum atomic E-state index is 11.2. The molecule has 0 spiro atoms. The van der Waals surface area contributed by atoms with Gasteiger partial charge in [-0.15, -0.1) is 0 Å². The minimum atomic E-state index is -0.703. The van der Waals surface area contributed by atoms with Crippen molar-refractivity contribution in [1.29, 1.82) is 0 Å². The number of carbonyl (C=O) groups is 1. The number of aryl methyl sites for hydroxylation is 2. The largest absolute Gasteiger partial charge is 0.481 e. The average molecular weight is 296 g/mol. The van der Waals surface area contributed by atoms with E-state index in [1.807, 2.05) is 0 Å². The van der Waals surface area contributed by atoms with E-state index in [9.17, 15) is 9.90 Å². The van der Waals surface area contributed by atoms with E-state index < -0.39 is 5.97 Å². The van der Waals surface area contributed by atoms with Gasteiger partial charge in [0.05, 0.1) is 11.6 Å². The summed E-state index contributed by atoms with van der Waals surface area (Å²) in [5, 5.41) is 9.23. The second-order valence-corrected chi connectivity index (χ2v) is 6.48. The number of imidazole rings is 1. The molecule has 0 saturated carbocycles. The van der Waals surface area contributed by atoms with Crippen molar-refractivity contribution in [1.82, 2.24) is 9.55 Å². The van der Waals surface area contributed by atoms with E-state index in [-0.39, 0.29) is 5.92 Å². The summed E-state index contributed by atoms with van der Waals surface area (Å²) < 4.78 is 2.20. The zero-order chi connectivity index (χ0) is 15.3. The zero-order valence-electron chi connectivity index (χ0n) is 12.8. The highest BCUT2D eigenvalue weighted by Crippen LogP contribution is 2.32. The molecule has 1 aliphatic heterocycles. The number of aliphatic carboxylic acids is 1. The molecule has 1 aromatic carbocycles. The zero-order valence-corrected chi connectivity index (χ0v) is 12.8. The van der Waals surface area contributed by atoms with Crippen LogP contribution in [0.15, 0.2) is 18.2 Å². The molecule has 114 valence electrons. The first-order chi connectivity index (χ1) is 10.6. The van der Waals surface area contributed by atoms with Gasteiger partial charge in [0.15, 0.2) is 0 Å². The molecule has 0 saturated heterocycles. The number of rotatable bonds is 2. The smallest absolute Gasteiger partial charge is 0.307 e. The van der Waals surface area contributed by atoms with Crippen LogP contribution in [0.25, 0.3) is 11.3 Å². The lowest BCUT2D eigenvalue weighted by atomic mass is 9.98. The Morgan fingerprint density at radius 2 is 2.14 bits per heavy atom. The molecule has 1 aromatic heterocycles. The molecule has 2 aromatic rings. The molecule has 22 heavy (non-hydrogen) atoms. The van der Waals surface area contributed by atoms with E-state index in [1.165, 1.54) is 29.5 Å². The predicted octanol–water partition coefficient (Wildman–Crippen LogP) is 2.99. The Kier molecular flexibility index (Phi) is 3.06. The molecule has 0 radical (unpaired) electrons.